The lowest BCUT2D eigenvalue weighted by atomic mass is 9.71. The highest BCUT2D eigenvalue weighted by molar-refractivity contribution is 7.09. The van der Waals surface area contributed by atoms with Crippen LogP contribution in [0.25, 0.3) is 0 Å². The average Bonchev–Trinajstić information content (AvgIpc) is 3.16. The van der Waals surface area contributed by atoms with Gasteiger partial charge < -0.3 is 0 Å². The van der Waals surface area contributed by atoms with Crippen molar-refractivity contribution < 1.29 is 10.0 Å². The summed E-state index contributed by atoms with van der Waals surface area (Å²) in [6.07, 6.45) is 12.8. The van der Waals surface area contributed by atoms with Crippen LogP contribution in [0.3, 0.4) is 0 Å². The molecule has 3 rings (SSSR count). The maximum atomic E-state index is 11.2. The van der Waals surface area contributed by atoms with Gasteiger partial charge in [0.2, 0.25) is 5.91 Å². The number of aryl methyl sites for hydroxylation is 1. The van der Waals surface area contributed by atoms with Gasteiger partial charge in [-0.05, 0) is 55.8 Å². The molecular weight excluding hydrogens is 332 g/mol. The number of rotatable bonds is 8. The summed E-state index contributed by atoms with van der Waals surface area (Å²) in [7, 11) is 0. The van der Waals surface area contributed by atoms with Gasteiger partial charge >= 0.3 is 0 Å². The Hall–Kier alpha value is -1.20. The molecule has 1 aromatic rings. The molecule has 0 aromatic carbocycles. The lowest BCUT2D eigenvalue weighted by Gasteiger charge is -2.34. The van der Waals surface area contributed by atoms with Gasteiger partial charge in [0.15, 0.2) is 0 Å². The van der Waals surface area contributed by atoms with Gasteiger partial charge in [-0.3, -0.25) is 10.0 Å². The van der Waals surface area contributed by atoms with Gasteiger partial charge in [-0.25, -0.2) is 10.5 Å². The first-order chi connectivity index (χ1) is 12.0. The molecule has 0 saturated heterocycles. The largest absolute Gasteiger partial charge is 0.289 e. The topological polar surface area (TPSA) is 62.2 Å². The molecule has 25 heavy (non-hydrogen) atoms. The minimum Gasteiger partial charge on any atom is -0.289 e. The van der Waals surface area contributed by atoms with E-state index < -0.39 is 5.91 Å². The van der Waals surface area contributed by atoms with Crippen molar-refractivity contribution in [1.82, 2.24) is 10.5 Å². The van der Waals surface area contributed by atoms with E-state index in [9.17, 15) is 4.79 Å². The van der Waals surface area contributed by atoms with Crippen molar-refractivity contribution in [2.45, 2.75) is 71.6 Å². The SMILES string of the molecule is CCC1(CCCCc2nc(CC(=O)NO)cs2)CC(C)C=C2CC2C1. The van der Waals surface area contributed by atoms with Gasteiger partial charge in [-0.15, -0.1) is 11.3 Å². The van der Waals surface area contributed by atoms with E-state index in [4.69, 9.17) is 5.21 Å². The Kier molecular flexibility index (Phi) is 5.95. The van der Waals surface area contributed by atoms with E-state index in [0.717, 1.165) is 29.0 Å². The number of nitrogens with one attached hydrogen (secondary N) is 1. The molecule has 4 nitrogen and oxygen atoms in total. The first-order valence-electron chi connectivity index (χ1n) is 9.60. The number of hydrogen-bond acceptors (Lipinski definition) is 4. The number of hydrogen-bond donors (Lipinski definition) is 2. The summed E-state index contributed by atoms with van der Waals surface area (Å²) in [5.74, 6) is 1.23. The predicted octanol–water partition coefficient (Wildman–Crippen LogP) is 4.68. The van der Waals surface area contributed by atoms with Crippen LogP contribution in [-0.2, 0) is 17.6 Å². The number of allylic oxidation sites excluding steroid dienone is 2. The Bertz CT molecular complexity index is 639. The molecule has 0 aliphatic heterocycles. The zero-order chi connectivity index (χ0) is 17.9. The van der Waals surface area contributed by atoms with Gasteiger partial charge in [-0.1, -0.05) is 38.3 Å². The molecule has 1 saturated carbocycles. The average molecular weight is 363 g/mol. The number of carbonyl (C=O) groups excluding carboxylic acids is 1. The zero-order valence-corrected chi connectivity index (χ0v) is 16.2. The third-order valence-electron chi connectivity index (χ3n) is 5.94. The highest BCUT2D eigenvalue weighted by Crippen LogP contribution is 2.54. The van der Waals surface area contributed by atoms with Crippen molar-refractivity contribution in [2.75, 3.05) is 0 Å². The van der Waals surface area contributed by atoms with Crippen LogP contribution in [0.4, 0.5) is 0 Å². The molecule has 1 fully saturated rings. The lowest BCUT2D eigenvalue weighted by molar-refractivity contribution is -0.128. The van der Waals surface area contributed by atoms with E-state index in [-0.39, 0.29) is 6.42 Å². The third-order valence-corrected chi connectivity index (χ3v) is 6.90. The minimum atomic E-state index is -0.405. The standard InChI is InChI=1S/C20H30N2O2S/c1-3-20(11-14(2)8-15-9-16(15)12-20)7-5-4-6-19-21-17(13-25-19)10-18(23)22-24/h8,13-14,16,24H,3-7,9-12H2,1-2H3,(H,22,23). The molecule has 0 bridgehead atoms. The maximum Gasteiger partial charge on any atom is 0.249 e. The quantitative estimate of drug-likeness (QED) is 0.305. The first-order valence-corrected chi connectivity index (χ1v) is 10.5. The summed E-state index contributed by atoms with van der Waals surface area (Å²) in [4.78, 5) is 15.7. The van der Waals surface area contributed by atoms with Crippen molar-refractivity contribution in [3.8, 4) is 0 Å². The van der Waals surface area contributed by atoms with Crippen molar-refractivity contribution in [2.24, 2.45) is 17.3 Å². The predicted molar refractivity (Wildman–Crippen MR) is 101 cm³/mol. The number of fused-ring (bicyclic) bond motifs is 1. The van der Waals surface area contributed by atoms with Gasteiger partial charge in [0.05, 0.1) is 17.1 Å². The van der Waals surface area contributed by atoms with Gasteiger partial charge in [0.1, 0.15) is 0 Å². The molecule has 1 aromatic heterocycles. The smallest absolute Gasteiger partial charge is 0.249 e. The number of hydroxylamine groups is 1. The molecule has 2 N–H and O–H groups in total. The third kappa shape index (κ3) is 4.91. The van der Waals surface area contributed by atoms with Crippen LogP contribution in [0.2, 0.25) is 0 Å². The highest BCUT2D eigenvalue weighted by atomic mass is 32.1. The zero-order valence-electron chi connectivity index (χ0n) is 15.4. The van der Waals surface area contributed by atoms with E-state index in [0.29, 0.717) is 5.41 Å². The molecule has 1 amide bonds. The van der Waals surface area contributed by atoms with Gasteiger partial charge in [0, 0.05) is 5.38 Å². The minimum absolute atomic E-state index is 0.153. The molecule has 2 aliphatic rings. The summed E-state index contributed by atoms with van der Waals surface area (Å²) in [5, 5.41) is 11.6. The number of unbranched alkanes of at least 4 members (excludes halogenated alkanes) is 1. The summed E-state index contributed by atoms with van der Waals surface area (Å²) in [6.45, 7) is 4.76. The Morgan fingerprint density at radius 1 is 1.44 bits per heavy atom. The van der Waals surface area contributed by atoms with Crippen LogP contribution in [0.1, 0.15) is 69.5 Å². The van der Waals surface area contributed by atoms with Crippen molar-refractivity contribution in [1.29, 1.82) is 0 Å². The van der Waals surface area contributed by atoms with E-state index >= 15 is 0 Å². The molecule has 2 aliphatic carbocycles. The van der Waals surface area contributed by atoms with E-state index in [1.54, 1.807) is 22.4 Å². The second-order valence-electron chi connectivity index (χ2n) is 8.03. The molecule has 0 radical (unpaired) electrons. The number of thiazole rings is 1. The fourth-order valence-electron chi connectivity index (χ4n) is 4.54. The fourth-order valence-corrected chi connectivity index (χ4v) is 5.38. The summed E-state index contributed by atoms with van der Waals surface area (Å²) in [6, 6.07) is 0. The molecule has 3 unspecified atom stereocenters. The Labute approximate surface area is 154 Å². The Balaban J connectivity index is 1.45. The van der Waals surface area contributed by atoms with Crippen LogP contribution in [-0.4, -0.2) is 16.1 Å². The van der Waals surface area contributed by atoms with Gasteiger partial charge in [0.25, 0.3) is 0 Å². The van der Waals surface area contributed by atoms with E-state index in [1.807, 2.05) is 5.38 Å². The summed E-state index contributed by atoms with van der Waals surface area (Å²) < 4.78 is 0. The fraction of sp³-hybridized carbons (Fsp3) is 0.700. The lowest BCUT2D eigenvalue weighted by Crippen LogP contribution is -2.22. The number of aromatic nitrogens is 1. The summed E-state index contributed by atoms with van der Waals surface area (Å²) >= 11 is 1.62. The van der Waals surface area contributed by atoms with E-state index in [1.165, 1.54) is 44.9 Å². The molecule has 3 atom stereocenters. The monoisotopic (exact) mass is 362 g/mol. The van der Waals surface area contributed by atoms with Gasteiger partial charge in [-0.2, -0.15) is 0 Å². The van der Waals surface area contributed by atoms with Crippen molar-refractivity contribution >= 4 is 17.2 Å². The normalized spacial score (nSPS) is 28.0. The number of nitrogens with zero attached hydrogens (tertiary/aromatic N) is 1. The number of amides is 1. The second-order valence-corrected chi connectivity index (χ2v) is 8.98. The molecular formula is C20H30N2O2S. The maximum absolute atomic E-state index is 11.2. The van der Waals surface area contributed by atoms with Crippen LogP contribution in [0.5, 0.6) is 0 Å². The summed E-state index contributed by atoms with van der Waals surface area (Å²) in [5.41, 5.74) is 4.67. The molecule has 1 heterocycles. The van der Waals surface area contributed by atoms with E-state index in [2.05, 4.69) is 24.9 Å². The Morgan fingerprint density at radius 3 is 3.04 bits per heavy atom. The number of carbonyl (C=O) groups is 1. The first kappa shape index (κ1) is 18.6. The molecule has 138 valence electrons. The van der Waals surface area contributed by atoms with Crippen LogP contribution < -0.4 is 5.48 Å². The molecule has 5 heteroatoms. The van der Waals surface area contributed by atoms with Crippen LogP contribution in [0.15, 0.2) is 17.0 Å². The van der Waals surface area contributed by atoms with Crippen molar-refractivity contribution in [3.63, 3.8) is 0 Å². The second kappa shape index (κ2) is 8.00. The van der Waals surface area contributed by atoms with Crippen LogP contribution in [0, 0.1) is 17.3 Å². The highest BCUT2D eigenvalue weighted by Gasteiger charge is 2.42. The molecule has 0 spiro atoms. The van der Waals surface area contributed by atoms with Crippen molar-refractivity contribution in [3.05, 3.63) is 27.7 Å². The Morgan fingerprint density at radius 2 is 2.28 bits per heavy atom. The van der Waals surface area contributed by atoms with Crippen LogP contribution >= 0.6 is 11.3 Å².